The number of carbonyl (C=O) groups is 1. The first-order valence-electron chi connectivity index (χ1n) is 3.91. The molecule has 0 aromatic heterocycles. The maximum atomic E-state index is 10.4. The summed E-state index contributed by atoms with van der Waals surface area (Å²) in [6, 6.07) is 0. The number of hydrogen-bond donors (Lipinski definition) is 0. The highest BCUT2D eigenvalue weighted by Gasteiger charge is 2.06. The van der Waals surface area contributed by atoms with Crippen molar-refractivity contribution in [3.05, 3.63) is 11.6 Å². The van der Waals surface area contributed by atoms with Crippen LogP contribution in [0.3, 0.4) is 0 Å². The fourth-order valence-electron chi connectivity index (χ4n) is 1.16. The van der Waals surface area contributed by atoms with Crippen molar-refractivity contribution in [3.8, 4) is 0 Å². The predicted molar refractivity (Wildman–Crippen MR) is 43.9 cm³/mol. The van der Waals surface area contributed by atoms with Gasteiger partial charge < -0.3 is 0 Å². The molecule has 0 aliphatic heterocycles. The Bertz CT molecular complexity index is 121. The van der Waals surface area contributed by atoms with Crippen molar-refractivity contribution in [2.75, 3.05) is 0 Å². The molecule has 0 heterocycles. The Labute approximate surface area is 63.1 Å². The Morgan fingerprint density at radius 2 is 1.90 bits per heavy atom. The summed E-state index contributed by atoms with van der Waals surface area (Å²) in [5, 5.41) is 0. The van der Waals surface area contributed by atoms with Gasteiger partial charge in [-0.05, 0) is 31.3 Å². The Balaban J connectivity index is 4.10. The first kappa shape index (κ1) is 9.41. The summed E-state index contributed by atoms with van der Waals surface area (Å²) in [6.45, 7) is 6.14. The zero-order chi connectivity index (χ0) is 7.98. The van der Waals surface area contributed by atoms with E-state index in [1.807, 2.05) is 13.0 Å². The van der Waals surface area contributed by atoms with E-state index in [0.717, 1.165) is 24.7 Å². The number of hydrogen-bond acceptors (Lipinski definition) is 1. The van der Waals surface area contributed by atoms with Crippen LogP contribution in [-0.4, -0.2) is 6.29 Å². The van der Waals surface area contributed by atoms with Crippen molar-refractivity contribution >= 4 is 6.29 Å². The fourth-order valence-corrected chi connectivity index (χ4v) is 1.16. The average Bonchev–Trinajstić information content (AvgIpc) is 2.00. The molecular formula is C9H16O. The molecule has 0 aliphatic rings. The molecule has 0 fully saturated rings. The third-order valence-corrected chi connectivity index (χ3v) is 1.93. The second kappa shape index (κ2) is 5.21. The van der Waals surface area contributed by atoms with Crippen molar-refractivity contribution in [2.45, 2.75) is 33.6 Å². The molecule has 0 N–H and O–H groups in total. The minimum Gasteiger partial charge on any atom is -0.298 e. The van der Waals surface area contributed by atoms with Gasteiger partial charge in [-0.15, -0.1) is 0 Å². The van der Waals surface area contributed by atoms with Crippen molar-refractivity contribution in [2.24, 2.45) is 5.92 Å². The molecule has 0 rings (SSSR count). The highest BCUT2D eigenvalue weighted by Crippen LogP contribution is 2.16. The van der Waals surface area contributed by atoms with Crippen LogP contribution in [0.2, 0.25) is 0 Å². The summed E-state index contributed by atoms with van der Waals surface area (Å²) in [5.41, 5.74) is 0.949. The Morgan fingerprint density at radius 1 is 1.40 bits per heavy atom. The lowest BCUT2D eigenvalue weighted by atomic mass is 9.95. The zero-order valence-electron chi connectivity index (χ0n) is 7.05. The van der Waals surface area contributed by atoms with E-state index in [1.165, 1.54) is 0 Å². The summed E-state index contributed by atoms with van der Waals surface area (Å²) in [5.74, 6) is 0.475. The number of carbonyl (C=O) groups excluding carboxylic acids is 1. The lowest BCUT2D eigenvalue weighted by Gasteiger charge is -2.10. The monoisotopic (exact) mass is 140 g/mol. The van der Waals surface area contributed by atoms with Crippen molar-refractivity contribution in [1.82, 2.24) is 0 Å². The maximum absolute atomic E-state index is 10.4. The molecule has 10 heavy (non-hydrogen) atoms. The van der Waals surface area contributed by atoms with Crippen LogP contribution in [0.15, 0.2) is 11.6 Å². The molecule has 58 valence electrons. The molecule has 1 heteroatoms. The van der Waals surface area contributed by atoms with Gasteiger partial charge in [0.1, 0.15) is 6.29 Å². The first-order chi connectivity index (χ1) is 4.79. The smallest absolute Gasteiger partial charge is 0.145 e. The van der Waals surface area contributed by atoms with Gasteiger partial charge in [-0.1, -0.05) is 19.9 Å². The molecule has 0 amide bonds. The van der Waals surface area contributed by atoms with Gasteiger partial charge in [0.2, 0.25) is 0 Å². The normalized spacial score (nSPS) is 12.2. The van der Waals surface area contributed by atoms with Crippen molar-refractivity contribution in [1.29, 1.82) is 0 Å². The van der Waals surface area contributed by atoms with E-state index in [9.17, 15) is 4.79 Å². The summed E-state index contributed by atoms with van der Waals surface area (Å²) in [7, 11) is 0. The molecule has 0 spiro atoms. The third-order valence-electron chi connectivity index (χ3n) is 1.93. The average molecular weight is 140 g/mol. The number of aldehydes is 1. The van der Waals surface area contributed by atoms with Crippen LogP contribution in [0, 0.1) is 5.92 Å². The van der Waals surface area contributed by atoms with Gasteiger partial charge in [-0.3, -0.25) is 4.79 Å². The SMILES string of the molecule is C/C=C(/C=O)C(CC)CC. The Kier molecular flexibility index (Phi) is 4.91. The lowest BCUT2D eigenvalue weighted by molar-refractivity contribution is -0.105. The van der Waals surface area contributed by atoms with Gasteiger partial charge in [-0.25, -0.2) is 0 Å². The summed E-state index contributed by atoms with van der Waals surface area (Å²) < 4.78 is 0. The van der Waals surface area contributed by atoms with Gasteiger partial charge in [0.15, 0.2) is 0 Å². The van der Waals surface area contributed by atoms with Gasteiger partial charge >= 0.3 is 0 Å². The molecule has 0 saturated carbocycles. The van der Waals surface area contributed by atoms with Gasteiger partial charge in [0.25, 0.3) is 0 Å². The molecule has 0 unspecified atom stereocenters. The lowest BCUT2D eigenvalue weighted by Crippen LogP contribution is -2.01. The minimum absolute atomic E-state index is 0.475. The quantitative estimate of drug-likeness (QED) is 0.433. The van der Waals surface area contributed by atoms with Crippen LogP contribution in [-0.2, 0) is 4.79 Å². The zero-order valence-corrected chi connectivity index (χ0v) is 7.05. The second-order valence-corrected chi connectivity index (χ2v) is 2.42. The first-order valence-corrected chi connectivity index (χ1v) is 3.91. The third kappa shape index (κ3) is 2.34. The van der Waals surface area contributed by atoms with Crippen LogP contribution in [0.25, 0.3) is 0 Å². The topological polar surface area (TPSA) is 17.1 Å². The largest absolute Gasteiger partial charge is 0.298 e. The molecule has 0 radical (unpaired) electrons. The molecule has 0 aromatic rings. The maximum Gasteiger partial charge on any atom is 0.145 e. The van der Waals surface area contributed by atoms with Crippen LogP contribution in [0.1, 0.15) is 33.6 Å². The number of allylic oxidation sites excluding steroid dienone is 2. The standard InChI is InChI=1S/C9H16O/c1-4-8(5-2)9(6-3)7-10/h6-8H,4-5H2,1-3H3/b9-6-. The van der Waals surface area contributed by atoms with Crippen molar-refractivity contribution < 1.29 is 4.79 Å². The molecule has 0 atom stereocenters. The van der Waals surface area contributed by atoms with E-state index in [-0.39, 0.29) is 0 Å². The van der Waals surface area contributed by atoms with E-state index in [2.05, 4.69) is 13.8 Å². The van der Waals surface area contributed by atoms with Gasteiger partial charge in [-0.2, -0.15) is 0 Å². The van der Waals surface area contributed by atoms with Gasteiger partial charge in [0.05, 0.1) is 0 Å². The van der Waals surface area contributed by atoms with Crippen molar-refractivity contribution in [3.63, 3.8) is 0 Å². The predicted octanol–water partition coefficient (Wildman–Crippen LogP) is 2.57. The van der Waals surface area contributed by atoms with Crippen LogP contribution in [0.4, 0.5) is 0 Å². The van der Waals surface area contributed by atoms with E-state index in [4.69, 9.17) is 0 Å². The van der Waals surface area contributed by atoms with Gasteiger partial charge in [0, 0.05) is 0 Å². The summed E-state index contributed by atoms with van der Waals surface area (Å²) in [4.78, 5) is 10.4. The molecular weight excluding hydrogens is 124 g/mol. The molecule has 1 nitrogen and oxygen atoms in total. The minimum atomic E-state index is 0.475. The Morgan fingerprint density at radius 3 is 2.00 bits per heavy atom. The van der Waals surface area contributed by atoms with Crippen LogP contribution in [0.5, 0.6) is 0 Å². The van der Waals surface area contributed by atoms with E-state index in [1.54, 1.807) is 0 Å². The van der Waals surface area contributed by atoms with E-state index >= 15 is 0 Å². The fraction of sp³-hybridized carbons (Fsp3) is 0.667. The van der Waals surface area contributed by atoms with E-state index in [0.29, 0.717) is 5.92 Å². The second-order valence-electron chi connectivity index (χ2n) is 2.42. The highest BCUT2D eigenvalue weighted by molar-refractivity contribution is 5.73. The highest BCUT2D eigenvalue weighted by atomic mass is 16.1. The molecule has 0 saturated heterocycles. The molecule has 0 aromatic carbocycles. The molecule has 0 bridgehead atoms. The van der Waals surface area contributed by atoms with Crippen LogP contribution >= 0.6 is 0 Å². The van der Waals surface area contributed by atoms with E-state index < -0.39 is 0 Å². The summed E-state index contributed by atoms with van der Waals surface area (Å²) in [6.07, 6.45) is 5.01. The number of rotatable bonds is 4. The molecule has 0 aliphatic carbocycles. The summed E-state index contributed by atoms with van der Waals surface area (Å²) >= 11 is 0. The Hall–Kier alpha value is -0.590. The van der Waals surface area contributed by atoms with Crippen LogP contribution < -0.4 is 0 Å².